The molecule has 76 valence electrons. The Balaban J connectivity index is 3.16. The number of carbonyl (C=O) groups excluding carboxylic acids is 1. The van der Waals surface area contributed by atoms with Gasteiger partial charge in [-0.05, 0) is 13.1 Å². The van der Waals surface area contributed by atoms with Gasteiger partial charge in [-0.3, -0.25) is 4.79 Å². The molecule has 0 heterocycles. The summed E-state index contributed by atoms with van der Waals surface area (Å²) in [6.45, 7) is 8.51. The Morgan fingerprint density at radius 1 is 1.62 bits per heavy atom. The van der Waals surface area contributed by atoms with E-state index in [9.17, 15) is 4.79 Å². The van der Waals surface area contributed by atoms with Crippen LogP contribution in [0.1, 0.15) is 20.3 Å². The van der Waals surface area contributed by atoms with E-state index in [-0.39, 0.29) is 5.91 Å². The van der Waals surface area contributed by atoms with Crippen molar-refractivity contribution < 1.29 is 9.32 Å². The van der Waals surface area contributed by atoms with Crippen molar-refractivity contribution in [1.82, 2.24) is 5.32 Å². The Hall–Kier alpha value is -0.400. The molecule has 3 nitrogen and oxygen atoms in total. The molecule has 0 radical (unpaired) electrons. The topological polar surface area (TPSA) is 38.3 Å². The molecule has 0 aromatic carbocycles. The second-order valence-electron chi connectivity index (χ2n) is 2.78. The summed E-state index contributed by atoms with van der Waals surface area (Å²) in [5.41, 5.74) is 0.538. The van der Waals surface area contributed by atoms with Crippen molar-refractivity contribution >= 4 is 14.7 Å². The smallest absolute Gasteiger partial charge is 0.246 e. The van der Waals surface area contributed by atoms with Gasteiger partial charge in [-0.2, -0.15) is 0 Å². The van der Waals surface area contributed by atoms with E-state index in [1.807, 2.05) is 0 Å². The van der Waals surface area contributed by atoms with Gasteiger partial charge in [-0.15, -0.1) is 0 Å². The normalized spacial score (nSPS) is 10.6. The van der Waals surface area contributed by atoms with Crippen LogP contribution < -0.4 is 5.32 Å². The van der Waals surface area contributed by atoms with Gasteiger partial charge < -0.3 is 9.84 Å². The van der Waals surface area contributed by atoms with E-state index in [2.05, 4.69) is 18.8 Å². The first kappa shape index (κ1) is 12.6. The summed E-state index contributed by atoms with van der Waals surface area (Å²) in [6.07, 6.45) is 2.25. The zero-order valence-corrected chi connectivity index (χ0v) is 9.35. The van der Waals surface area contributed by atoms with E-state index in [0.29, 0.717) is 27.5 Å². The number of hydrogen-bond donors (Lipinski definition) is 1. The van der Waals surface area contributed by atoms with Crippen LogP contribution >= 0.6 is 8.81 Å². The van der Waals surface area contributed by atoms with Gasteiger partial charge in [-0.25, -0.2) is 0 Å². The fourth-order valence-corrected chi connectivity index (χ4v) is 1.21. The van der Waals surface area contributed by atoms with E-state index in [0.717, 1.165) is 12.6 Å². The largest absolute Gasteiger partial charge is 0.361 e. The lowest BCUT2D eigenvalue weighted by atomic mass is 10.3. The van der Waals surface area contributed by atoms with Crippen molar-refractivity contribution in [1.29, 1.82) is 0 Å². The van der Waals surface area contributed by atoms with Crippen LogP contribution in [0.15, 0.2) is 12.2 Å². The summed E-state index contributed by atoms with van der Waals surface area (Å²) >= 11 is 0. The lowest BCUT2D eigenvalue weighted by Gasteiger charge is -2.04. The minimum absolute atomic E-state index is 0.0950. The molecule has 0 saturated carbocycles. The van der Waals surface area contributed by atoms with Gasteiger partial charge in [0.05, 0.1) is 6.61 Å². The molecule has 0 aliphatic carbocycles. The molecule has 13 heavy (non-hydrogen) atoms. The Kier molecular flexibility index (Phi) is 7.96. The lowest BCUT2D eigenvalue weighted by molar-refractivity contribution is -0.117. The standard InChI is InChI=1S/C9H18NO2P/c1-4-7-13-12-6-5-10-9(11)8(2)3/h13H,2,4-7H2,1,3H3,(H,10,11). The van der Waals surface area contributed by atoms with Crippen LogP contribution in [0.3, 0.4) is 0 Å². The van der Waals surface area contributed by atoms with E-state index in [1.54, 1.807) is 6.92 Å². The number of nitrogens with one attached hydrogen (secondary N) is 1. The average molecular weight is 203 g/mol. The van der Waals surface area contributed by atoms with E-state index >= 15 is 0 Å². The minimum atomic E-state index is -0.0950. The fraction of sp³-hybridized carbons (Fsp3) is 0.667. The van der Waals surface area contributed by atoms with Gasteiger partial charge in [0.1, 0.15) is 0 Å². The van der Waals surface area contributed by atoms with Gasteiger partial charge in [-0.1, -0.05) is 19.9 Å². The molecule has 0 fully saturated rings. The summed E-state index contributed by atoms with van der Waals surface area (Å²) in [5.74, 6) is -0.0950. The first-order valence-corrected chi connectivity index (χ1v) is 5.58. The van der Waals surface area contributed by atoms with Gasteiger partial charge in [0, 0.05) is 20.9 Å². The summed E-state index contributed by atoms with van der Waals surface area (Å²) in [4.78, 5) is 11.0. The summed E-state index contributed by atoms with van der Waals surface area (Å²) in [7, 11) is 0.556. The summed E-state index contributed by atoms with van der Waals surface area (Å²) in [6, 6.07) is 0. The van der Waals surface area contributed by atoms with Crippen molar-refractivity contribution in [3.05, 3.63) is 12.2 Å². The zero-order chi connectivity index (χ0) is 10.1. The van der Waals surface area contributed by atoms with Crippen LogP contribution in [0, 0.1) is 0 Å². The first-order valence-electron chi connectivity index (χ1n) is 4.46. The van der Waals surface area contributed by atoms with Crippen molar-refractivity contribution in [3.63, 3.8) is 0 Å². The highest BCUT2D eigenvalue weighted by atomic mass is 31.1. The summed E-state index contributed by atoms with van der Waals surface area (Å²) in [5, 5.41) is 2.70. The van der Waals surface area contributed by atoms with Crippen molar-refractivity contribution in [2.45, 2.75) is 20.3 Å². The third-order valence-electron chi connectivity index (χ3n) is 1.33. The third-order valence-corrected chi connectivity index (χ3v) is 2.44. The van der Waals surface area contributed by atoms with Crippen LogP contribution in [0.4, 0.5) is 0 Å². The maximum Gasteiger partial charge on any atom is 0.246 e. The van der Waals surface area contributed by atoms with Gasteiger partial charge in [0.25, 0.3) is 0 Å². The highest BCUT2D eigenvalue weighted by Crippen LogP contribution is 2.11. The highest BCUT2D eigenvalue weighted by Gasteiger charge is 1.98. The average Bonchev–Trinajstić information content (AvgIpc) is 2.10. The Morgan fingerprint density at radius 2 is 2.31 bits per heavy atom. The van der Waals surface area contributed by atoms with E-state index < -0.39 is 0 Å². The molecule has 1 unspecified atom stereocenters. The third kappa shape index (κ3) is 7.94. The first-order chi connectivity index (χ1) is 6.18. The van der Waals surface area contributed by atoms with Gasteiger partial charge in [0.2, 0.25) is 5.91 Å². The zero-order valence-electron chi connectivity index (χ0n) is 8.35. The molecule has 1 N–H and O–H groups in total. The van der Waals surface area contributed by atoms with Crippen molar-refractivity contribution in [3.8, 4) is 0 Å². The Labute approximate surface area is 81.8 Å². The second-order valence-corrected chi connectivity index (χ2v) is 3.86. The molecule has 0 aromatic heterocycles. The minimum Gasteiger partial charge on any atom is -0.361 e. The van der Waals surface area contributed by atoms with Crippen LogP contribution in [0.5, 0.6) is 0 Å². The molecule has 0 aromatic rings. The molecule has 0 rings (SSSR count). The van der Waals surface area contributed by atoms with Crippen LogP contribution in [-0.2, 0) is 9.32 Å². The fourth-order valence-electron chi connectivity index (χ4n) is 0.613. The monoisotopic (exact) mass is 203 g/mol. The van der Waals surface area contributed by atoms with Crippen LogP contribution in [0.25, 0.3) is 0 Å². The van der Waals surface area contributed by atoms with Gasteiger partial charge >= 0.3 is 0 Å². The highest BCUT2D eigenvalue weighted by molar-refractivity contribution is 7.32. The van der Waals surface area contributed by atoms with Crippen LogP contribution in [0.2, 0.25) is 0 Å². The molecular formula is C9H18NO2P. The second kappa shape index (κ2) is 8.21. The predicted molar refractivity (Wildman–Crippen MR) is 57.2 cm³/mol. The maximum atomic E-state index is 11.0. The Morgan fingerprint density at radius 3 is 2.85 bits per heavy atom. The molecule has 1 atom stereocenters. The van der Waals surface area contributed by atoms with Crippen LogP contribution in [-0.4, -0.2) is 25.2 Å². The Bertz CT molecular complexity index is 171. The molecular weight excluding hydrogens is 185 g/mol. The number of rotatable bonds is 7. The predicted octanol–water partition coefficient (Wildman–Crippen LogP) is 1.70. The SMILES string of the molecule is C=C(C)C(=O)NCCOPCCC. The molecule has 0 aliphatic heterocycles. The number of hydrogen-bond acceptors (Lipinski definition) is 2. The quantitative estimate of drug-likeness (QED) is 0.388. The van der Waals surface area contributed by atoms with Crippen molar-refractivity contribution in [2.24, 2.45) is 0 Å². The number of amides is 1. The molecule has 0 saturated heterocycles. The van der Waals surface area contributed by atoms with E-state index in [1.165, 1.54) is 0 Å². The molecule has 0 spiro atoms. The molecule has 1 amide bonds. The number of carbonyl (C=O) groups is 1. The van der Waals surface area contributed by atoms with Crippen molar-refractivity contribution in [2.75, 3.05) is 19.3 Å². The van der Waals surface area contributed by atoms with E-state index in [4.69, 9.17) is 4.52 Å². The van der Waals surface area contributed by atoms with Gasteiger partial charge in [0.15, 0.2) is 0 Å². The molecule has 0 aliphatic rings. The lowest BCUT2D eigenvalue weighted by Crippen LogP contribution is -2.26. The summed E-state index contributed by atoms with van der Waals surface area (Å²) < 4.78 is 5.29. The molecule has 4 heteroatoms. The maximum absolute atomic E-state index is 11.0. The molecule has 0 bridgehead atoms.